The van der Waals surface area contributed by atoms with Crippen molar-refractivity contribution in [3.8, 4) is 6.07 Å². The van der Waals surface area contributed by atoms with E-state index in [2.05, 4.69) is 21.2 Å². The Bertz CT molecular complexity index is 478. The SMILES string of the molecule is N#CCSCC(=O)Nc1cc(F)c(Br)cc1Cl. The number of nitrogens with one attached hydrogen (secondary N) is 1. The van der Waals surface area contributed by atoms with Gasteiger partial charge in [0, 0.05) is 6.07 Å². The van der Waals surface area contributed by atoms with E-state index in [1.807, 2.05) is 6.07 Å². The van der Waals surface area contributed by atoms with Crippen molar-refractivity contribution in [2.45, 2.75) is 0 Å². The predicted molar refractivity (Wildman–Crippen MR) is 70.7 cm³/mol. The number of amides is 1. The Hall–Kier alpha value is -0.770. The Kier molecular flexibility index (Phi) is 5.75. The van der Waals surface area contributed by atoms with E-state index in [4.69, 9.17) is 16.9 Å². The molecule has 17 heavy (non-hydrogen) atoms. The summed E-state index contributed by atoms with van der Waals surface area (Å²) in [4.78, 5) is 11.4. The van der Waals surface area contributed by atoms with Crippen molar-refractivity contribution in [1.82, 2.24) is 0 Å². The molecule has 90 valence electrons. The van der Waals surface area contributed by atoms with E-state index in [0.29, 0.717) is 0 Å². The second-order valence-electron chi connectivity index (χ2n) is 2.95. The molecule has 0 aliphatic carbocycles. The lowest BCUT2D eigenvalue weighted by Crippen LogP contribution is -2.14. The number of halogens is 3. The summed E-state index contributed by atoms with van der Waals surface area (Å²) in [6.45, 7) is 0. The minimum atomic E-state index is -0.505. The van der Waals surface area contributed by atoms with Gasteiger partial charge < -0.3 is 5.32 Å². The minimum absolute atomic E-state index is 0.127. The fourth-order valence-electron chi connectivity index (χ4n) is 0.994. The van der Waals surface area contributed by atoms with E-state index in [1.165, 1.54) is 17.8 Å². The molecule has 0 aliphatic heterocycles. The highest BCUT2D eigenvalue weighted by Gasteiger charge is 2.09. The number of carbonyl (C=O) groups excluding carboxylic acids is 1. The van der Waals surface area contributed by atoms with Crippen LogP contribution >= 0.6 is 39.3 Å². The molecule has 0 unspecified atom stereocenters. The van der Waals surface area contributed by atoms with Crippen LogP contribution in [0.2, 0.25) is 5.02 Å². The maximum atomic E-state index is 13.2. The molecule has 0 saturated carbocycles. The number of anilines is 1. The largest absolute Gasteiger partial charge is 0.324 e. The molecule has 1 N–H and O–H groups in total. The van der Waals surface area contributed by atoms with Crippen molar-refractivity contribution in [3.05, 3.63) is 27.4 Å². The third-order valence-corrected chi connectivity index (χ3v) is 3.40. The summed E-state index contributed by atoms with van der Waals surface area (Å²) >= 11 is 10.00. The molecule has 1 aromatic carbocycles. The van der Waals surface area contributed by atoms with Gasteiger partial charge in [0.2, 0.25) is 5.91 Å². The highest BCUT2D eigenvalue weighted by molar-refractivity contribution is 9.10. The molecule has 1 aromatic rings. The topological polar surface area (TPSA) is 52.9 Å². The summed E-state index contributed by atoms with van der Waals surface area (Å²) in [5, 5.41) is 11.0. The first-order valence-electron chi connectivity index (χ1n) is 4.43. The van der Waals surface area contributed by atoms with Gasteiger partial charge in [-0.1, -0.05) is 11.6 Å². The average molecular weight is 338 g/mol. The van der Waals surface area contributed by atoms with Crippen LogP contribution in [0.25, 0.3) is 0 Å². The van der Waals surface area contributed by atoms with Crippen molar-refractivity contribution >= 4 is 50.9 Å². The van der Waals surface area contributed by atoms with Gasteiger partial charge >= 0.3 is 0 Å². The summed E-state index contributed by atoms with van der Waals surface area (Å²) in [5.74, 6) is -0.472. The van der Waals surface area contributed by atoms with E-state index in [0.717, 1.165) is 6.07 Å². The first kappa shape index (κ1) is 14.3. The lowest BCUT2D eigenvalue weighted by molar-refractivity contribution is -0.113. The Balaban J connectivity index is 2.66. The summed E-state index contributed by atoms with van der Waals surface area (Å²) in [7, 11) is 0. The number of rotatable bonds is 4. The molecule has 1 rings (SSSR count). The fourth-order valence-corrected chi connectivity index (χ4v) is 2.13. The standard InChI is InChI=1S/C10H7BrClFN2OS/c11-6-3-7(12)9(4-8(6)13)15-10(16)5-17-2-1-14/h3-4H,2,5H2,(H,15,16). The fraction of sp³-hybridized carbons (Fsp3) is 0.200. The highest BCUT2D eigenvalue weighted by Crippen LogP contribution is 2.28. The van der Waals surface area contributed by atoms with Crippen molar-refractivity contribution in [2.75, 3.05) is 16.8 Å². The van der Waals surface area contributed by atoms with Gasteiger partial charge in [0.25, 0.3) is 0 Å². The molecule has 0 heterocycles. The van der Waals surface area contributed by atoms with E-state index in [1.54, 1.807) is 0 Å². The monoisotopic (exact) mass is 336 g/mol. The van der Waals surface area contributed by atoms with Crippen LogP contribution in [0.5, 0.6) is 0 Å². The second-order valence-corrected chi connectivity index (χ2v) is 5.19. The molecular formula is C10H7BrClFN2OS. The number of thioether (sulfide) groups is 1. The molecule has 0 bridgehead atoms. The highest BCUT2D eigenvalue weighted by atomic mass is 79.9. The molecule has 1 amide bonds. The minimum Gasteiger partial charge on any atom is -0.324 e. The van der Waals surface area contributed by atoms with Gasteiger partial charge in [0.1, 0.15) is 5.82 Å². The van der Waals surface area contributed by atoms with Crippen LogP contribution in [-0.4, -0.2) is 17.4 Å². The summed E-state index contributed by atoms with van der Waals surface area (Å²) in [5.41, 5.74) is 0.218. The first-order chi connectivity index (χ1) is 8.04. The normalized spacial score (nSPS) is 9.76. The Labute approximate surface area is 115 Å². The molecule has 0 saturated heterocycles. The number of benzene rings is 1. The van der Waals surface area contributed by atoms with Crippen LogP contribution in [0.15, 0.2) is 16.6 Å². The smallest absolute Gasteiger partial charge is 0.234 e. The van der Waals surface area contributed by atoms with E-state index in [9.17, 15) is 9.18 Å². The summed E-state index contributed by atoms with van der Waals surface area (Å²) in [6.07, 6.45) is 0. The van der Waals surface area contributed by atoms with E-state index >= 15 is 0 Å². The van der Waals surface area contributed by atoms with Crippen molar-refractivity contribution in [3.63, 3.8) is 0 Å². The summed E-state index contributed by atoms with van der Waals surface area (Å²) in [6, 6.07) is 4.41. The van der Waals surface area contributed by atoms with Crippen molar-refractivity contribution < 1.29 is 9.18 Å². The van der Waals surface area contributed by atoms with Crippen LogP contribution in [-0.2, 0) is 4.79 Å². The molecule has 0 aromatic heterocycles. The van der Waals surface area contributed by atoms with Gasteiger partial charge in [0.05, 0.1) is 32.8 Å². The number of hydrogen-bond donors (Lipinski definition) is 1. The van der Waals surface area contributed by atoms with E-state index < -0.39 is 5.82 Å². The third kappa shape index (κ3) is 4.54. The Morgan fingerprint density at radius 2 is 2.35 bits per heavy atom. The Morgan fingerprint density at radius 3 is 3.00 bits per heavy atom. The zero-order valence-electron chi connectivity index (χ0n) is 8.47. The number of carbonyl (C=O) groups is 1. The van der Waals surface area contributed by atoms with Crippen molar-refractivity contribution in [2.24, 2.45) is 0 Å². The Morgan fingerprint density at radius 1 is 1.65 bits per heavy atom. The van der Waals surface area contributed by atoms with Gasteiger partial charge in [0.15, 0.2) is 0 Å². The van der Waals surface area contributed by atoms with E-state index in [-0.39, 0.29) is 32.6 Å². The van der Waals surface area contributed by atoms with Gasteiger partial charge in [-0.3, -0.25) is 4.79 Å². The van der Waals surface area contributed by atoms with Crippen LogP contribution in [0, 0.1) is 17.1 Å². The molecule has 0 aliphatic rings. The maximum absolute atomic E-state index is 13.2. The molecule has 0 spiro atoms. The zero-order valence-corrected chi connectivity index (χ0v) is 11.6. The molecule has 3 nitrogen and oxygen atoms in total. The van der Waals surface area contributed by atoms with Gasteiger partial charge in [-0.15, -0.1) is 11.8 Å². The molecule has 0 radical (unpaired) electrons. The van der Waals surface area contributed by atoms with Gasteiger partial charge in [-0.2, -0.15) is 5.26 Å². The van der Waals surface area contributed by atoms with Crippen molar-refractivity contribution in [1.29, 1.82) is 5.26 Å². The van der Waals surface area contributed by atoms with Gasteiger partial charge in [-0.05, 0) is 22.0 Å². The second kappa shape index (κ2) is 6.84. The number of nitrogens with zero attached hydrogens (tertiary/aromatic N) is 1. The average Bonchev–Trinajstić information content (AvgIpc) is 2.26. The number of nitriles is 1. The lowest BCUT2D eigenvalue weighted by Gasteiger charge is -2.07. The molecule has 0 atom stereocenters. The third-order valence-electron chi connectivity index (χ3n) is 1.68. The van der Waals surface area contributed by atoms with Gasteiger partial charge in [-0.25, -0.2) is 4.39 Å². The predicted octanol–water partition coefficient (Wildman–Crippen LogP) is 3.44. The maximum Gasteiger partial charge on any atom is 0.234 e. The lowest BCUT2D eigenvalue weighted by atomic mass is 10.3. The number of hydrogen-bond acceptors (Lipinski definition) is 3. The van der Waals surface area contributed by atoms with Crippen LogP contribution in [0.1, 0.15) is 0 Å². The first-order valence-corrected chi connectivity index (χ1v) is 6.76. The molecule has 0 fully saturated rings. The molecular weight excluding hydrogens is 331 g/mol. The summed E-state index contributed by atoms with van der Waals surface area (Å²) < 4.78 is 13.4. The van der Waals surface area contributed by atoms with Crippen LogP contribution < -0.4 is 5.32 Å². The zero-order chi connectivity index (χ0) is 12.8. The van der Waals surface area contributed by atoms with Crippen LogP contribution in [0.4, 0.5) is 10.1 Å². The van der Waals surface area contributed by atoms with Crippen LogP contribution in [0.3, 0.4) is 0 Å². The molecule has 7 heteroatoms. The quantitative estimate of drug-likeness (QED) is 0.676.